The van der Waals surface area contributed by atoms with Crippen molar-refractivity contribution in [1.82, 2.24) is 0 Å². The SMILES string of the molecule is Cc1cc(N2CCCC2)ccc1NCc1cccc(O)c1. The topological polar surface area (TPSA) is 35.5 Å². The third-order valence-corrected chi connectivity index (χ3v) is 4.07. The lowest BCUT2D eigenvalue weighted by Gasteiger charge is -2.19. The number of nitrogens with zero attached hydrogens (tertiary/aromatic N) is 1. The highest BCUT2D eigenvalue weighted by molar-refractivity contribution is 5.60. The molecule has 1 aliphatic rings. The van der Waals surface area contributed by atoms with Crippen LogP contribution in [0.5, 0.6) is 5.75 Å². The zero-order valence-electron chi connectivity index (χ0n) is 12.5. The van der Waals surface area contributed by atoms with Gasteiger partial charge in [-0.1, -0.05) is 12.1 Å². The summed E-state index contributed by atoms with van der Waals surface area (Å²) in [6, 6.07) is 14.0. The standard InChI is InChI=1S/C18H22N2O/c1-14-11-16(20-9-2-3-10-20)7-8-18(14)19-13-15-5-4-6-17(21)12-15/h4-8,11-12,19,21H,2-3,9-10,13H2,1H3. The minimum Gasteiger partial charge on any atom is -0.508 e. The predicted octanol–water partition coefficient (Wildman–Crippen LogP) is 3.91. The molecule has 0 aromatic heterocycles. The zero-order valence-corrected chi connectivity index (χ0v) is 12.5. The van der Waals surface area contributed by atoms with Crippen LogP contribution in [0.15, 0.2) is 42.5 Å². The minimum atomic E-state index is 0.315. The minimum absolute atomic E-state index is 0.315. The van der Waals surface area contributed by atoms with E-state index in [2.05, 4.69) is 35.3 Å². The van der Waals surface area contributed by atoms with Crippen LogP contribution in [0.3, 0.4) is 0 Å². The van der Waals surface area contributed by atoms with Crippen molar-refractivity contribution >= 4 is 11.4 Å². The summed E-state index contributed by atoms with van der Waals surface area (Å²) < 4.78 is 0. The molecule has 2 aromatic rings. The fourth-order valence-electron chi connectivity index (χ4n) is 2.88. The number of phenolic OH excluding ortho intramolecular Hbond substituents is 1. The number of hydrogen-bond acceptors (Lipinski definition) is 3. The van der Waals surface area contributed by atoms with Gasteiger partial charge in [-0.15, -0.1) is 0 Å². The van der Waals surface area contributed by atoms with Crippen molar-refractivity contribution < 1.29 is 5.11 Å². The summed E-state index contributed by atoms with van der Waals surface area (Å²) in [7, 11) is 0. The lowest BCUT2D eigenvalue weighted by molar-refractivity contribution is 0.474. The van der Waals surface area contributed by atoms with E-state index in [1.165, 1.54) is 37.2 Å². The van der Waals surface area contributed by atoms with Crippen molar-refractivity contribution in [2.45, 2.75) is 26.3 Å². The first-order chi connectivity index (χ1) is 10.2. The molecule has 0 unspecified atom stereocenters. The van der Waals surface area contributed by atoms with Crippen molar-refractivity contribution in [2.24, 2.45) is 0 Å². The molecule has 2 aromatic carbocycles. The first kappa shape index (κ1) is 13.8. The number of aromatic hydroxyl groups is 1. The van der Waals surface area contributed by atoms with Gasteiger partial charge in [-0.2, -0.15) is 0 Å². The summed E-state index contributed by atoms with van der Waals surface area (Å²) in [5.74, 6) is 0.315. The van der Waals surface area contributed by atoms with Gasteiger partial charge >= 0.3 is 0 Å². The molecule has 110 valence electrons. The monoisotopic (exact) mass is 282 g/mol. The third-order valence-electron chi connectivity index (χ3n) is 4.07. The molecule has 0 atom stereocenters. The molecule has 2 N–H and O–H groups in total. The van der Waals surface area contributed by atoms with Crippen molar-refractivity contribution in [2.75, 3.05) is 23.3 Å². The van der Waals surface area contributed by atoms with Crippen molar-refractivity contribution in [1.29, 1.82) is 0 Å². The molecule has 1 saturated heterocycles. The molecule has 1 aliphatic heterocycles. The van der Waals surface area contributed by atoms with Crippen LogP contribution in [-0.4, -0.2) is 18.2 Å². The summed E-state index contributed by atoms with van der Waals surface area (Å²) in [5, 5.41) is 12.9. The number of hydrogen-bond donors (Lipinski definition) is 2. The second kappa shape index (κ2) is 6.08. The Morgan fingerprint density at radius 2 is 1.90 bits per heavy atom. The maximum absolute atomic E-state index is 9.49. The molecule has 0 saturated carbocycles. The largest absolute Gasteiger partial charge is 0.508 e. The van der Waals surface area contributed by atoms with E-state index < -0.39 is 0 Å². The predicted molar refractivity (Wildman–Crippen MR) is 88.1 cm³/mol. The van der Waals surface area contributed by atoms with E-state index in [9.17, 15) is 5.11 Å². The highest BCUT2D eigenvalue weighted by Gasteiger charge is 2.12. The molecule has 3 nitrogen and oxygen atoms in total. The van der Waals surface area contributed by atoms with Gasteiger partial charge in [0.25, 0.3) is 0 Å². The van der Waals surface area contributed by atoms with Gasteiger partial charge in [-0.3, -0.25) is 0 Å². The van der Waals surface area contributed by atoms with Gasteiger partial charge in [-0.05, 0) is 61.2 Å². The van der Waals surface area contributed by atoms with Crippen molar-refractivity contribution in [3.8, 4) is 5.75 Å². The smallest absolute Gasteiger partial charge is 0.115 e. The Balaban J connectivity index is 1.68. The molecule has 0 amide bonds. The van der Waals surface area contributed by atoms with Crippen LogP contribution in [-0.2, 0) is 6.54 Å². The molecule has 0 aliphatic carbocycles. The van der Waals surface area contributed by atoms with Crippen LogP contribution in [0.2, 0.25) is 0 Å². The highest BCUT2D eigenvalue weighted by Crippen LogP contribution is 2.26. The van der Waals surface area contributed by atoms with E-state index in [1.807, 2.05) is 12.1 Å². The second-order valence-electron chi connectivity index (χ2n) is 5.72. The highest BCUT2D eigenvalue weighted by atomic mass is 16.3. The second-order valence-corrected chi connectivity index (χ2v) is 5.72. The number of aryl methyl sites for hydroxylation is 1. The third kappa shape index (κ3) is 3.30. The molecule has 1 heterocycles. The van der Waals surface area contributed by atoms with Gasteiger partial charge < -0.3 is 15.3 Å². The lowest BCUT2D eigenvalue weighted by atomic mass is 10.1. The van der Waals surface area contributed by atoms with Crippen molar-refractivity contribution in [3.63, 3.8) is 0 Å². The van der Waals surface area contributed by atoms with Gasteiger partial charge in [0.2, 0.25) is 0 Å². The molecule has 0 spiro atoms. The summed E-state index contributed by atoms with van der Waals surface area (Å²) in [6.45, 7) is 5.22. The Hall–Kier alpha value is -2.16. The van der Waals surface area contributed by atoms with E-state index >= 15 is 0 Å². The van der Waals surface area contributed by atoms with E-state index in [-0.39, 0.29) is 0 Å². The van der Waals surface area contributed by atoms with Gasteiger partial charge in [-0.25, -0.2) is 0 Å². The number of benzene rings is 2. The molecule has 1 fully saturated rings. The maximum atomic E-state index is 9.49. The average Bonchev–Trinajstić information content (AvgIpc) is 3.00. The molecular weight excluding hydrogens is 260 g/mol. The first-order valence-electron chi connectivity index (χ1n) is 7.60. The van der Waals surface area contributed by atoms with E-state index in [0.29, 0.717) is 5.75 Å². The van der Waals surface area contributed by atoms with Gasteiger partial charge in [0.05, 0.1) is 0 Å². The lowest BCUT2D eigenvalue weighted by Crippen LogP contribution is -2.17. The first-order valence-corrected chi connectivity index (χ1v) is 7.60. The summed E-state index contributed by atoms with van der Waals surface area (Å²) in [4.78, 5) is 2.45. The van der Waals surface area contributed by atoms with Crippen LogP contribution in [0.4, 0.5) is 11.4 Å². The summed E-state index contributed by atoms with van der Waals surface area (Å²) in [5.41, 5.74) is 4.83. The van der Waals surface area contributed by atoms with Crippen LogP contribution in [0.1, 0.15) is 24.0 Å². The fourth-order valence-corrected chi connectivity index (χ4v) is 2.88. The Labute approximate surface area is 126 Å². The zero-order chi connectivity index (χ0) is 14.7. The molecule has 3 rings (SSSR count). The number of phenols is 1. The van der Waals surface area contributed by atoms with Crippen LogP contribution in [0.25, 0.3) is 0 Å². The molecule has 0 radical (unpaired) electrons. The van der Waals surface area contributed by atoms with Gasteiger partial charge in [0.15, 0.2) is 0 Å². The molecule has 21 heavy (non-hydrogen) atoms. The number of anilines is 2. The molecular formula is C18H22N2O. The van der Waals surface area contributed by atoms with E-state index in [0.717, 1.165) is 17.8 Å². The van der Waals surface area contributed by atoms with Crippen LogP contribution in [0, 0.1) is 6.92 Å². The van der Waals surface area contributed by atoms with Crippen LogP contribution < -0.4 is 10.2 Å². The number of nitrogens with one attached hydrogen (secondary N) is 1. The Bertz CT molecular complexity index is 618. The number of rotatable bonds is 4. The summed E-state index contributed by atoms with van der Waals surface area (Å²) in [6.07, 6.45) is 2.60. The van der Waals surface area contributed by atoms with Gasteiger partial charge in [0, 0.05) is 31.0 Å². The summed E-state index contributed by atoms with van der Waals surface area (Å²) >= 11 is 0. The maximum Gasteiger partial charge on any atom is 0.115 e. The molecule has 3 heteroatoms. The van der Waals surface area contributed by atoms with Crippen molar-refractivity contribution in [3.05, 3.63) is 53.6 Å². The van der Waals surface area contributed by atoms with Gasteiger partial charge in [0.1, 0.15) is 5.75 Å². The van der Waals surface area contributed by atoms with E-state index in [1.54, 1.807) is 12.1 Å². The quantitative estimate of drug-likeness (QED) is 0.892. The normalized spacial score (nSPS) is 14.4. The fraction of sp³-hybridized carbons (Fsp3) is 0.333. The average molecular weight is 282 g/mol. The van der Waals surface area contributed by atoms with Crippen LogP contribution >= 0.6 is 0 Å². The Morgan fingerprint density at radius 3 is 2.62 bits per heavy atom. The Morgan fingerprint density at radius 1 is 1.10 bits per heavy atom. The Kier molecular flexibility index (Phi) is 4.00. The van der Waals surface area contributed by atoms with E-state index in [4.69, 9.17) is 0 Å². The molecule has 0 bridgehead atoms.